The quantitative estimate of drug-likeness (QED) is 0.554. The van der Waals surface area contributed by atoms with Crippen LogP contribution in [-0.4, -0.2) is 19.2 Å². The highest BCUT2D eigenvalue weighted by Crippen LogP contribution is 2.23. The topological polar surface area (TPSA) is 55.1 Å². The van der Waals surface area contributed by atoms with Crippen LogP contribution in [0.1, 0.15) is 10.4 Å². The number of thioether (sulfide) groups is 1. The van der Waals surface area contributed by atoms with E-state index in [4.69, 9.17) is 5.73 Å². The molecule has 3 nitrogen and oxygen atoms in total. The molecule has 0 radical (unpaired) electrons. The van der Waals surface area contributed by atoms with E-state index >= 15 is 0 Å². The summed E-state index contributed by atoms with van der Waals surface area (Å²) in [6.45, 7) is 0. The van der Waals surface area contributed by atoms with Crippen LogP contribution in [0, 0.1) is 0 Å². The van der Waals surface area contributed by atoms with E-state index in [1.54, 1.807) is 30.9 Å². The predicted octanol–water partition coefficient (Wildman–Crippen LogP) is 1.35. The van der Waals surface area contributed by atoms with Crippen LogP contribution >= 0.6 is 11.8 Å². The minimum Gasteiger partial charge on any atom is -0.398 e. The van der Waals surface area contributed by atoms with Gasteiger partial charge in [0, 0.05) is 23.2 Å². The molecule has 3 N–H and O–H groups in total. The number of nitrogens with one attached hydrogen (secondary N) is 1. The van der Waals surface area contributed by atoms with Gasteiger partial charge in [-0.25, -0.2) is 0 Å². The summed E-state index contributed by atoms with van der Waals surface area (Å²) in [5, 5.41) is 2.54. The second-order valence-corrected chi connectivity index (χ2v) is 3.38. The fourth-order valence-corrected chi connectivity index (χ4v) is 1.52. The first-order valence-corrected chi connectivity index (χ1v) is 5.07. The molecule has 0 heterocycles. The number of nitrogen functional groups attached to an aromatic ring is 1. The molecule has 0 atom stereocenters. The molecule has 1 amide bonds. The van der Waals surface area contributed by atoms with E-state index < -0.39 is 0 Å². The number of benzene rings is 1. The molecule has 0 saturated carbocycles. The lowest BCUT2D eigenvalue weighted by Gasteiger charge is -2.04. The molecule has 0 aromatic heterocycles. The number of nitrogens with two attached hydrogens (primary N) is 1. The van der Waals surface area contributed by atoms with Gasteiger partial charge in [-0.1, -0.05) is 0 Å². The molecule has 4 heteroatoms. The highest BCUT2D eigenvalue weighted by molar-refractivity contribution is 7.98. The van der Waals surface area contributed by atoms with Crippen molar-refractivity contribution in [3.05, 3.63) is 23.8 Å². The summed E-state index contributed by atoms with van der Waals surface area (Å²) in [7, 11) is 1.60. The smallest absolute Gasteiger partial charge is 0.251 e. The van der Waals surface area contributed by atoms with Gasteiger partial charge in [0.2, 0.25) is 0 Å². The van der Waals surface area contributed by atoms with Gasteiger partial charge in [-0.2, -0.15) is 0 Å². The summed E-state index contributed by atoms with van der Waals surface area (Å²) >= 11 is 1.57. The number of hydrogen-bond acceptors (Lipinski definition) is 3. The maximum Gasteiger partial charge on any atom is 0.251 e. The zero-order chi connectivity index (χ0) is 9.84. The van der Waals surface area contributed by atoms with Crippen LogP contribution in [0.15, 0.2) is 23.1 Å². The third kappa shape index (κ3) is 2.15. The lowest BCUT2D eigenvalue weighted by molar-refractivity contribution is 0.0963. The Morgan fingerprint density at radius 1 is 1.54 bits per heavy atom. The molecule has 0 spiro atoms. The van der Waals surface area contributed by atoms with E-state index in [1.807, 2.05) is 12.3 Å². The van der Waals surface area contributed by atoms with Crippen molar-refractivity contribution in [1.82, 2.24) is 5.32 Å². The number of carbonyl (C=O) groups excluding carboxylic acids is 1. The summed E-state index contributed by atoms with van der Waals surface area (Å²) < 4.78 is 0. The molecule has 0 unspecified atom stereocenters. The minimum atomic E-state index is -0.112. The number of anilines is 1. The maximum atomic E-state index is 11.2. The van der Waals surface area contributed by atoms with Gasteiger partial charge in [0.15, 0.2) is 0 Å². The van der Waals surface area contributed by atoms with Gasteiger partial charge >= 0.3 is 0 Å². The van der Waals surface area contributed by atoms with E-state index in [0.717, 1.165) is 4.90 Å². The molecule has 0 bridgehead atoms. The Balaban J connectivity index is 3.02. The van der Waals surface area contributed by atoms with Crippen LogP contribution in [0.2, 0.25) is 0 Å². The van der Waals surface area contributed by atoms with Gasteiger partial charge in [-0.15, -0.1) is 11.8 Å². The Labute approximate surface area is 81.7 Å². The van der Waals surface area contributed by atoms with Crippen LogP contribution in [0.25, 0.3) is 0 Å². The predicted molar refractivity (Wildman–Crippen MR) is 56.0 cm³/mol. The molecule has 1 aromatic carbocycles. The Hall–Kier alpha value is -1.16. The summed E-state index contributed by atoms with van der Waals surface area (Å²) in [5.41, 5.74) is 6.97. The molecule has 13 heavy (non-hydrogen) atoms. The van der Waals surface area contributed by atoms with Crippen LogP contribution in [-0.2, 0) is 0 Å². The van der Waals surface area contributed by atoms with Crippen LogP contribution < -0.4 is 11.1 Å². The van der Waals surface area contributed by atoms with Crippen molar-refractivity contribution in [2.24, 2.45) is 0 Å². The Morgan fingerprint density at radius 3 is 2.69 bits per heavy atom. The summed E-state index contributed by atoms with van der Waals surface area (Å²) in [6.07, 6.45) is 1.95. The van der Waals surface area contributed by atoms with Crippen LogP contribution in [0.3, 0.4) is 0 Å². The van der Waals surface area contributed by atoms with Gasteiger partial charge in [0.25, 0.3) is 5.91 Å². The Bertz CT molecular complexity index is 325. The van der Waals surface area contributed by atoms with Crippen LogP contribution in [0.5, 0.6) is 0 Å². The second-order valence-electron chi connectivity index (χ2n) is 2.54. The van der Waals surface area contributed by atoms with E-state index in [-0.39, 0.29) is 5.91 Å². The van der Waals surface area contributed by atoms with Gasteiger partial charge in [0.1, 0.15) is 0 Å². The fourth-order valence-electron chi connectivity index (χ4n) is 1.02. The highest BCUT2D eigenvalue weighted by atomic mass is 32.2. The monoisotopic (exact) mass is 196 g/mol. The van der Waals surface area contributed by atoms with Gasteiger partial charge < -0.3 is 11.1 Å². The standard InChI is InChI=1S/C9H12N2OS/c1-11-9(12)6-3-4-8(13-2)7(10)5-6/h3-5H,10H2,1-2H3,(H,11,12). The van der Waals surface area contributed by atoms with E-state index in [9.17, 15) is 4.79 Å². The largest absolute Gasteiger partial charge is 0.398 e. The lowest BCUT2D eigenvalue weighted by Crippen LogP contribution is -2.17. The third-order valence-electron chi connectivity index (χ3n) is 1.72. The lowest BCUT2D eigenvalue weighted by atomic mass is 10.2. The Morgan fingerprint density at radius 2 is 2.23 bits per heavy atom. The molecule has 70 valence electrons. The molecule has 0 fully saturated rings. The summed E-state index contributed by atoms with van der Waals surface area (Å²) in [6, 6.07) is 5.30. The maximum absolute atomic E-state index is 11.2. The number of carbonyl (C=O) groups is 1. The molecule has 0 aliphatic carbocycles. The van der Waals surface area contributed by atoms with Crippen LogP contribution in [0.4, 0.5) is 5.69 Å². The molecule has 0 saturated heterocycles. The van der Waals surface area contributed by atoms with Gasteiger partial charge in [-0.3, -0.25) is 4.79 Å². The zero-order valence-corrected chi connectivity index (χ0v) is 8.44. The van der Waals surface area contributed by atoms with Gasteiger partial charge in [0.05, 0.1) is 0 Å². The molecule has 1 rings (SSSR count). The van der Waals surface area contributed by atoms with E-state index in [2.05, 4.69) is 5.32 Å². The van der Waals surface area contributed by atoms with Crippen molar-refractivity contribution in [3.63, 3.8) is 0 Å². The highest BCUT2D eigenvalue weighted by Gasteiger charge is 2.05. The average molecular weight is 196 g/mol. The number of amides is 1. The average Bonchev–Trinajstić information content (AvgIpc) is 2.16. The van der Waals surface area contributed by atoms with E-state index in [0.29, 0.717) is 11.3 Å². The van der Waals surface area contributed by atoms with Crippen molar-refractivity contribution >= 4 is 23.4 Å². The minimum absolute atomic E-state index is 0.112. The Kier molecular flexibility index (Phi) is 3.19. The first kappa shape index (κ1) is 9.92. The zero-order valence-electron chi connectivity index (χ0n) is 7.63. The summed E-state index contributed by atoms with van der Waals surface area (Å²) in [4.78, 5) is 12.2. The number of hydrogen-bond donors (Lipinski definition) is 2. The SMILES string of the molecule is CNC(=O)c1ccc(SC)c(N)c1. The van der Waals surface area contributed by atoms with Crippen molar-refractivity contribution < 1.29 is 4.79 Å². The molecular formula is C9H12N2OS. The third-order valence-corrected chi connectivity index (χ3v) is 2.53. The van der Waals surface area contributed by atoms with Crippen molar-refractivity contribution in [1.29, 1.82) is 0 Å². The molecule has 0 aliphatic rings. The van der Waals surface area contributed by atoms with Crippen molar-refractivity contribution in [2.45, 2.75) is 4.90 Å². The first-order valence-electron chi connectivity index (χ1n) is 3.84. The summed E-state index contributed by atoms with van der Waals surface area (Å²) in [5.74, 6) is -0.112. The van der Waals surface area contributed by atoms with E-state index in [1.165, 1.54) is 0 Å². The molecular weight excluding hydrogens is 184 g/mol. The van der Waals surface area contributed by atoms with Crippen molar-refractivity contribution in [2.75, 3.05) is 19.0 Å². The molecule has 1 aromatic rings. The fraction of sp³-hybridized carbons (Fsp3) is 0.222. The van der Waals surface area contributed by atoms with Crippen molar-refractivity contribution in [3.8, 4) is 0 Å². The normalized spacial score (nSPS) is 9.69. The molecule has 0 aliphatic heterocycles. The number of rotatable bonds is 2. The first-order chi connectivity index (χ1) is 6.19. The van der Waals surface area contributed by atoms with Gasteiger partial charge in [-0.05, 0) is 24.5 Å². The second kappa shape index (κ2) is 4.18.